The Balaban J connectivity index is 1.52. The molecule has 6 heteroatoms. The molecule has 0 radical (unpaired) electrons. The molecule has 2 rings (SSSR count). The first-order chi connectivity index (χ1) is 8.84. The van der Waals surface area contributed by atoms with Crippen molar-refractivity contribution in [2.45, 2.75) is 12.6 Å². The van der Waals surface area contributed by atoms with E-state index in [4.69, 9.17) is 4.74 Å². The second-order valence-electron chi connectivity index (χ2n) is 4.57. The van der Waals surface area contributed by atoms with Crippen LogP contribution >= 0.6 is 0 Å². The van der Waals surface area contributed by atoms with Crippen molar-refractivity contribution in [2.24, 2.45) is 0 Å². The van der Waals surface area contributed by atoms with E-state index in [1.807, 2.05) is 10.8 Å². The maximum Gasteiger partial charge on any atom is 0.0946 e. The second-order valence-corrected chi connectivity index (χ2v) is 4.57. The van der Waals surface area contributed by atoms with Crippen molar-refractivity contribution < 1.29 is 9.84 Å². The topological polar surface area (TPSA) is 62.5 Å². The Labute approximate surface area is 108 Å². The second kappa shape index (κ2) is 7.48. The van der Waals surface area contributed by atoms with Crippen molar-refractivity contribution in [3.63, 3.8) is 0 Å². The van der Waals surface area contributed by atoms with Gasteiger partial charge in [-0.15, -0.1) is 0 Å². The lowest BCUT2D eigenvalue weighted by atomic mass is 10.3. The molecule has 6 nitrogen and oxygen atoms in total. The molecule has 0 spiro atoms. The number of rotatable bonds is 7. The van der Waals surface area contributed by atoms with Crippen LogP contribution in [0.1, 0.15) is 0 Å². The van der Waals surface area contributed by atoms with Gasteiger partial charge in [0.05, 0.1) is 25.6 Å². The Morgan fingerprint density at radius 2 is 2.22 bits per heavy atom. The van der Waals surface area contributed by atoms with Gasteiger partial charge in [0.1, 0.15) is 0 Å². The molecule has 0 bridgehead atoms. The number of nitrogens with one attached hydrogen (secondary N) is 1. The summed E-state index contributed by atoms with van der Waals surface area (Å²) in [5.74, 6) is 0. The maximum atomic E-state index is 9.89. The van der Waals surface area contributed by atoms with Crippen LogP contribution in [0.4, 0.5) is 0 Å². The fraction of sp³-hybridized carbons (Fsp3) is 0.750. The number of aromatic nitrogens is 2. The van der Waals surface area contributed by atoms with Crippen LogP contribution in [0, 0.1) is 0 Å². The van der Waals surface area contributed by atoms with Crippen LogP contribution in [0.5, 0.6) is 0 Å². The normalized spacial score (nSPS) is 18.9. The van der Waals surface area contributed by atoms with Crippen molar-refractivity contribution in [1.82, 2.24) is 19.8 Å². The first kappa shape index (κ1) is 13.5. The third kappa shape index (κ3) is 4.73. The highest BCUT2D eigenvalue weighted by molar-refractivity contribution is 4.74. The van der Waals surface area contributed by atoms with Gasteiger partial charge < -0.3 is 19.7 Å². The van der Waals surface area contributed by atoms with E-state index in [9.17, 15) is 5.11 Å². The van der Waals surface area contributed by atoms with Crippen LogP contribution in [0.2, 0.25) is 0 Å². The Bertz CT molecular complexity index is 312. The van der Waals surface area contributed by atoms with Crippen LogP contribution in [-0.4, -0.2) is 71.6 Å². The number of imidazole rings is 1. The van der Waals surface area contributed by atoms with Gasteiger partial charge in [0.15, 0.2) is 0 Å². The highest BCUT2D eigenvalue weighted by atomic mass is 16.5. The molecule has 1 aromatic heterocycles. The zero-order chi connectivity index (χ0) is 12.6. The molecule has 1 saturated heterocycles. The zero-order valence-electron chi connectivity index (χ0n) is 10.7. The molecule has 1 aliphatic rings. The van der Waals surface area contributed by atoms with Crippen molar-refractivity contribution in [3.8, 4) is 0 Å². The van der Waals surface area contributed by atoms with Gasteiger partial charge in [-0.25, -0.2) is 4.98 Å². The first-order valence-electron chi connectivity index (χ1n) is 6.49. The molecule has 0 saturated carbocycles. The van der Waals surface area contributed by atoms with Gasteiger partial charge in [0.25, 0.3) is 0 Å². The molecule has 0 aromatic carbocycles. The summed E-state index contributed by atoms with van der Waals surface area (Å²) in [6.07, 6.45) is 5.19. The minimum atomic E-state index is -0.314. The molecule has 102 valence electrons. The summed E-state index contributed by atoms with van der Waals surface area (Å²) in [5.41, 5.74) is 0. The maximum absolute atomic E-state index is 9.89. The number of aliphatic hydroxyl groups is 1. The van der Waals surface area contributed by atoms with E-state index in [1.165, 1.54) is 0 Å². The van der Waals surface area contributed by atoms with Crippen LogP contribution in [0.3, 0.4) is 0 Å². The van der Waals surface area contributed by atoms with Crippen molar-refractivity contribution in [2.75, 3.05) is 45.9 Å². The quantitative estimate of drug-likeness (QED) is 0.622. The average Bonchev–Trinajstić information content (AvgIpc) is 2.89. The zero-order valence-corrected chi connectivity index (χ0v) is 10.7. The lowest BCUT2D eigenvalue weighted by molar-refractivity contribution is 0.0149. The minimum absolute atomic E-state index is 0.314. The molecule has 18 heavy (non-hydrogen) atoms. The summed E-state index contributed by atoms with van der Waals surface area (Å²) >= 11 is 0. The molecule has 0 aliphatic carbocycles. The number of hydrogen-bond donors (Lipinski definition) is 2. The molecule has 2 heterocycles. The summed E-state index contributed by atoms with van der Waals surface area (Å²) in [5, 5.41) is 13.2. The molecular weight excluding hydrogens is 232 g/mol. The molecule has 1 atom stereocenters. The Kier molecular flexibility index (Phi) is 5.60. The Morgan fingerprint density at radius 3 is 2.94 bits per heavy atom. The molecule has 1 fully saturated rings. The van der Waals surface area contributed by atoms with Crippen molar-refractivity contribution in [3.05, 3.63) is 18.7 Å². The predicted molar refractivity (Wildman–Crippen MR) is 68.4 cm³/mol. The van der Waals surface area contributed by atoms with Crippen LogP contribution in [0.25, 0.3) is 0 Å². The number of hydrogen-bond acceptors (Lipinski definition) is 5. The van der Waals surface area contributed by atoms with Gasteiger partial charge in [0.2, 0.25) is 0 Å². The standard InChI is InChI=1S/C12H22N4O2/c17-12(10-15-5-7-18-8-6-15)9-13-1-3-16-4-2-14-11-16/h2,4,11-13,17H,1,3,5-10H2. The van der Waals surface area contributed by atoms with E-state index >= 15 is 0 Å². The number of aliphatic hydroxyl groups excluding tert-OH is 1. The highest BCUT2D eigenvalue weighted by Crippen LogP contribution is 1.98. The lowest BCUT2D eigenvalue weighted by Gasteiger charge is -2.28. The fourth-order valence-electron chi connectivity index (χ4n) is 2.04. The van der Waals surface area contributed by atoms with Crippen LogP contribution in [0.15, 0.2) is 18.7 Å². The summed E-state index contributed by atoms with van der Waals surface area (Å²) in [6.45, 7) is 6.48. The summed E-state index contributed by atoms with van der Waals surface area (Å²) in [4.78, 5) is 6.22. The molecule has 0 amide bonds. The third-order valence-corrected chi connectivity index (χ3v) is 3.06. The molecular formula is C12H22N4O2. The van der Waals surface area contributed by atoms with Crippen LogP contribution < -0.4 is 5.32 Å². The van der Waals surface area contributed by atoms with E-state index in [0.717, 1.165) is 45.9 Å². The van der Waals surface area contributed by atoms with Crippen molar-refractivity contribution in [1.29, 1.82) is 0 Å². The first-order valence-corrected chi connectivity index (χ1v) is 6.49. The van der Waals surface area contributed by atoms with Gasteiger partial charge in [0, 0.05) is 51.7 Å². The highest BCUT2D eigenvalue weighted by Gasteiger charge is 2.14. The molecule has 1 unspecified atom stereocenters. The fourth-order valence-corrected chi connectivity index (χ4v) is 2.04. The average molecular weight is 254 g/mol. The number of ether oxygens (including phenoxy) is 1. The molecule has 1 aliphatic heterocycles. The minimum Gasteiger partial charge on any atom is -0.390 e. The SMILES string of the molecule is OC(CNCCn1ccnc1)CN1CCOCC1. The van der Waals surface area contributed by atoms with Crippen LogP contribution in [-0.2, 0) is 11.3 Å². The third-order valence-electron chi connectivity index (χ3n) is 3.06. The van der Waals surface area contributed by atoms with E-state index < -0.39 is 0 Å². The van der Waals surface area contributed by atoms with Gasteiger partial charge in [-0.2, -0.15) is 0 Å². The van der Waals surface area contributed by atoms with Crippen molar-refractivity contribution >= 4 is 0 Å². The summed E-state index contributed by atoms with van der Waals surface area (Å²) < 4.78 is 7.29. The van der Waals surface area contributed by atoms with E-state index in [-0.39, 0.29) is 6.10 Å². The summed E-state index contributed by atoms with van der Waals surface area (Å²) in [6, 6.07) is 0. The Morgan fingerprint density at radius 1 is 1.39 bits per heavy atom. The summed E-state index contributed by atoms with van der Waals surface area (Å²) in [7, 11) is 0. The molecule has 1 aromatic rings. The van der Waals surface area contributed by atoms with Gasteiger partial charge in [-0.1, -0.05) is 0 Å². The van der Waals surface area contributed by atoms with E-state index in [2.05, 4.69) is 15.2 Å². The van der Waals surface area contributed by atoms with E-state index in [0.29, 0.717) is 6.54 Å². The van der Waals surface area contributed by atoms with Gasteiger partial charge in [-0.3, -0.25) is 4.90 Å². The van der Waals surface area contributed by atoms with E-state index in [1.54, 1.807) is 12.5 Å². The predicted octanol–water partition coefficient (Wildman–Crippen LogP) is -0.834. The Hall–Kier alpha value is -0.950. The van der Waals surface area contributed by atoms with Gasteiger partial charge in [-0.05, 0) is 0 Å². The monoisotopic (exact) mass is 254 g/mol. The lowest BCUT2D eigenvalue weighted by Crippen LogP contribution is -2.44. The molecule has 2 N–H and O–H groups in total. The largest absolute Gasteiger partial charge is 0.390 e. The number of morpholine rings is 1. The number of nitrogens with zero attached hydrogens (tertiary/aromatic N) is 3. The smallest absolute Gasteiger partial charge is 0.0946 e. The van der Waals surface area contributed by atoms with Gasteiger partial charge >= 0.3 is 0 Å². The number of β-amino-alcohol motifs (C(OH)–C–C–N with tert-alkyl or cyclic N) is 1.